The molecule has 7 nitrogen and oxygen atoms in total. The van der Waals surface area contributed by atoms with Crippen LogP contribution in [0.2, 0.25) is 0 Å². The van der Waals surface area contributed by atoms with Crippen LogP contribution in [0.15, 0.2) is 72.8 Å². The van der Waals surface area contributed by atoms with Crippen molar-refractivity contribution >= 4 is 0 Å². The van der Waals surface area contributed by atoms with Crippen LogP contribution < -0.4 is 4.74 Å². The molecule has 0 aromatic heterocycles. The van der Waals surface area contributed by atoms with Gasteiger partial charge in [-0.15, -0.1) is 0 Å². The lowest BCUT2D eigenvalue weighted by molar-refractivity contribution is -0.0677. The number of morpholine rings is 2. The fourth-order valence-corrected chi connectivity index (χ4v) is 5.77. The van der Waals surface area contributed by atoms with Gasteiger partial charge in [-0.1, -0.05) is 36.4 Å². The van der Waals surface area contributed by atoms with Gasteiger partial charge in [-0.2, -0.15) is 5.26 Å². The van der Waals surface area contributed by atoms with Crippen LogP contribution in [0, 0.1) is 11.3 Å². The Hall–Kier alpha value is -3.41. The van der Waals surface area contributed by atoms with Crippen LogP contribution in [0.1, 0.15) is 44.4 Å². The van der Waals surface area contributed by atoms with Crippen molar-refractivity contribution in [1.82, 2.24) is 9.80 Å². The Labute approximate surface area is 251 Å². The van der Waals surface area contributed by atoms with Crippen molar-refractivity contribution in [2.75, 3.05) is 39.3 Å². The molecule has 2 heterocycles. The second kappa shape index (κ2) is 15.7. The van der Waals surface area contributed by atoms with Crippen LogP contribution >= 0.6 is 0 Å². The smallest absolute Gasteiger partial charge is 0.130 e. The lowest BCUT2D eigenvalue weighted by Crippen LogP contribution is -2.46. The molecule has 3 aromatic rings. The zero-order valence-electron chi connectivity index (χ0n) is 25.4. The van der Waals surface area contributed by atoms with Gasteiger partial charge in [0, 0.05) is 39.3 Å². The highest BCUT2D eigenvalue weighted by Gasteiger charge is 2.23. The second-order valence-corrected chi connectivity index (χ2v) is 11.5. The van der Waals surface area contributed by atoms with Crippen LogP contribution in [0.5, 0.6) is 17.2 Å². The molecule has 0 spiro atoms. The predicted octanol–water partition coefficient (Wildman–Crippen LogP) is 6.05. The molecule has 0 saturated carbocycles. The first kappa shape index (κ1) is 31.5. The largest absolute Gasteiger partial charge is 0.508 e. The van der Waals surface area contributed by atoms with E-state index < -0.39 is 0 Å². The Morgan fingerprint density at radius 3 is 1.50 bits per heavy atom. The molecule has 0 amide bonds. The summed E-state index contributed by atoms with van der Waals surface area (Å²) in [6, 6.07) is 25.0. The monoisotopic (exact) mass is 571 g/mol. The highest BCUT2D eigenvalue weighted by molar-refractivity contribution is 5.41. The van der Waals surface area contributed by atoms with Gasteiger partial charge in [0.15, 0.2) is 0 Å². The minimum absolute atomic E-state index is 0.189. The maximum absolute atomic E-state index is 8.74. The number of phenols is 1. The van der Waals surface area contributed by atoms with Crippen molar-refractivity contribution in [3.05, 3.63) is 89.5 Å². The number of ether oxygens (including phenoxy) is 3. The SMILES string of the molecule is CC1CN(CCc2ccccc2Oc2ccccc2CCN2CC(C)OC(C)C2)CC(C)O1.N#Cc1ccc(O)cc1. The molecule has 2 aliphatic heterocycles. The molecular formula is C35H45N3O4. The highest BCUT2D eigenvalue weighted by atomic mass is 16.5. The highest BCUT2D eigenvalue weighted by Crippen LogP contribution is 2.29. The van der Waals surface area contributed by atoms with E-state index in [-0.39, 0.29) is 5.75 Å². The number of para-hydroxylation sites is 2. The molecule has 3 aromatic carbocycles. The average molecular weight is 572 g/mol. The summed E-state index contributed by atoms with van der Waals surface area (Å²) < 4.78 is 18.3. The van der Waals surface area contributed by atoms with E-state index in [1.54, 1.807) is 12.1 Å². The normalized spacial score (nSPS) is 22.9. The summed E-state index contributed by atoms with van der Waals surface area (Å²) in [5.41, 5.74) is 3.08. The van der Waals surface area contributed by atoms with Crippen molar-refractivity contribution in [3.8, 4) is 23.3 Å². The quantitative estimate of drug-likeness (QED) is 0.353. The molecule has 42 heavy (non-hydrogen) atoms. The van der Waals surface area contributed by atoms with E-state index in [4.69, 9.17) is 24.6 Å². The molecule has 2 aliphatic rings. The lowest BCUT2D eigenvalue weighted by atomic mass is 10.1. The van der Waals surface area contributed by atoms with Crippen LogP contribution in [-0.4, -0.2) is 78.6 Å². The third kappa shape index (κ3) is 9.85. The van der Waals surface area contributed by atoms with Gasteiger partial charge in [0.05, 0.1) is 36.0 Å². The Balaban J connectivity index is 0.000000385. The first-order chi connectivity index (χ1) is 20.3. The van der Waals surface area contributed by atoms with Gasteiger partial charge < -0.3 is 19.3 Å². The Morgan fingerprint density at radius 2 is 1.10 bits per heavy atom. The predicted molar refractivity (Wildman–Crippen MR) is 166 cm³/mol. The molecular weight excluding hydrogens is 526 g/mol. The molecule has 1 N–H and O–H groups in total. The van der Waals surface area contributed by atoms with Crippen molar-refractivity contribution in [3.63, 3.8) is 0 Å². The van der Waals surface area contributed by atoms with Crippen molar-refractivity contribution < 1.29 is 19.3 Å². The van der Waals surface area contributed by atoms with Crippen molar-refractivity contribution in [2.45, 2.75) is 65.0 Å². The molecule has 0 aliphatic carbocycles. The molecule has 5 rings (SSSR count). The number of benzene rings is 3. The lowest BCUT2D eigenvalue weighted by Gasteiger charge is -2.35. The zero-order chi connectivity index (χ0) is 29.9. The molecule has 0 radical (unpaired) electrons. The summed E-state index contributed by atoms with van der Waals surface area (Å²) in [6.07, 6.45) is 3.13. The van der Waals surface area contributed by atoms with Crippen LogP contribution in [0.25, 0.3) is 0 Å². The summed E-state index contributed by atoms with van der Waals surface area (Å²) in [6.45, 7) is 14.7. The minimum atomic E-state index is 0.189. The van der Waals surface area contributed by atoms with Gasteiger partial charge in [-0.05, 0) is 88.1 Å². The topological polar surface area (TPSA) is 78.2 Å². The van der Waals surface area contributed by atoms with Gasteiger partial charge >= 0.3 is 0 Å². The van der Waals surface area contributed by atoms with Gasteiger partial charge in [0.1, 0.15) is 17.2 Å². The number of hydrogen-bond acceptors (Lipinski definition) is 7. The van der Waals surface area contributed by atoms with Crippen LogP contribution in [0.4, 0.5) is 0 Å². The van der Waals surface area contributed by atoms with Crippen molar-refractivity contribution in [2.24, 2.45) is 0 Å². The second-order valence-electron chi connectivity index (χ2n) is 11.5. The fraction of sp³-hybridized carbons (Fsp3) is 0.457. The zero-order valence-corrected chi connectivity index (χ0v) is 25.4. The summed E-state index contributed by atoms with van der Waals surface area (Å²) in [7, 11) is 0. The standard InChI is InChI=1S/C28H40N2O3.C7H5NO/c1-21-17-29(18-22(2)31-21)15-13-25-9-5-7-11-27(25)33-28-12-8-6-10-26(28)14-16-30-19-23(3)32-24(4)20-30;8-5-6-1-3-7(9)4-2-6/h5-12,21-24H,13-20H2,1-4H3;1-4,9H. The fourth-order valence-electron chi connectivity index (χ4n) is 5.77. The van der Waals surface area contributed by atoms with E-state index in [2.05, 4.69) is 86.0 Å². The molecule has 224 valence electrons. The number of hydrogen-bond donors (Lipinski definition) is 1. The summed E-state index contributed by atoms with van der Waals surface area (Å²) in [5.74, 6) is 2.12. The minimum Gasteiger partial charge on any atom is -0.508 e. The van der Waals surface area contributed by atoms with E-state index in [1.807, 2.05) is 6.07 Å². The van der Waals surface area contributed by atoms with Crippen LogP contribution in [-0.2, 0) is 22.3 Å². The maximum Gasteiger partial charge on any atom is 0.130 e. The molecule has 0 bridgehead atoms. The number of aromatic hydroxyl groups is 1. The Morgan fingerprint density at radius 1 is 0.690 bits per heavy atom. The third-order valence-corrected chi connectivity index (χ3v) is 7.55. The molecule has 2 saturated heterocycles. The first-order valence-corrected chi connectivity index (χ1v) is 15.1. The third-order valence-electron chi connectivity index (χ3n) is 7.55. The van der Waals surface area contributed by atoms with Gasteiger partial charge in [0.2, 0.25) is 0 Å². The summed E-state index contributed by atoms with van der Waals surface area (Å²) >= 11 is 0. The average Bonchev–Trinajstić information content (AvgIpc) is 2.96. The number of rotatable bonds is 8. The van der Waals surface area contributed by atoms with Crippen LogP contribution in [0.3, 0.4) is 0 Å². The van der Waals surface area contributed by atoms with Crippen molar-refractivity contribution in [1.29, 1.82) is 5.26 Å². The van der Waals surface area contributed by atoms with E-state index in [9.17, 15) is 0 Å². The van der Waals surface area contributed by atoms with Gasteiger partial charge in [0.25, 0.3) is 0 Å². The van der Waals surface area contributed by atoms with E-state index in [0.29, 0.717) is 30.0 Å². The van der Waals surface area contributed by atoms with Gasteiger partial charge in [-0.25, -0.2) is 0 Å². The molecule has 7 heteroatoms. The number of phenolic OH excluding ortho intramolecular Hbond substituents is 1. The van der Waals surface area contributed by atoms with Gasteiger partial charge in [-0.3, -0.25) is 9.80 Å². The molecule has 2 fully saturated rings. The van der Waals surface area contributed by atoms with E-state index in [1.165, 1.54) is 23.3 Å². The number of nitriles is 1. The number of nitrogens with zero attached hydrogens (tertiary/aromatic N) is 3. The molecule has 4 unspecified atom stereocenters. The van der Waals surface area contributed by atoms with E-state index >= 15 is 0 Å². The van der Waals surface area contributed by atoms with E-state index in [0.717, 1.165) is 63.6 Å². The first-order valence-electron chi connectivity index (χ1n) is 15.1. The maximum atomic E-state index is 8.74. The summed E-state index contributed by atoms with van der Waals surface area (Å²) in [5, 5.41) is 17.0. The molecule has 4 atom stereocenters. The Bertz CT molecular complexity index is 1200. The Kier molecular flexibility index (Phi) is 11.8. The summed E-state index contributed by atoms with van der Waals surface area (Å²) in [4.78, 5) is 5.02.